The Morgan fingerprint density at radius 1 is 1.14 bits per heavy atom. The van der Waals surface area contributed by atoms with Crippen LogP contribution < -0.4 is 5.32 Å². The second kappa shape index (κ2) is 7.33. The summed E-state index contributed by atoms with van der Waals surface area (Å²) in [5.74, 6) is 0. The van der Waals surface area contributed by atoms with Crippen molar-refractivity contribution in [3.05, 3.63) is 73.7 Å². The monoisotopic (exact) mass is 348 g/mol. The molecule has 0 heterocycles. The van der Waals surface area contributed by atoms with Gasteiger partial charge in [0.2, 0.25) is 0 Å². The Morgan fingerprint density at radius 3 is 2.43 bits per heavy atom. The minimum Gasteiger partial charge on any atom is -0.312 e. The maximum Gasteiger partial charge on any atom is 0.269 e. The maximum absolute atomic E-state index is 10.6. The standard InChI is InChI=1S/C16H17BrN2O2/c1-12-10-14(4-7-16(12)17)11-18-9-8-13-2-5-15(6-3-13)19(20)21/h2-7,10,18H,8-9,11H2,1H3. The first kappa shape index (κ1) is 15.7. The Morgan fingerprint density at radius 2 is 1.81 bits per heavy atom. The summed E-state index contributed by atoms with van der Waals surface area (Å²) in [7, 11) is 0. The van der Waals surface area contributed by atoms with Crippen LogP contribution in [0.15, 0.2) is 46.9 Å². The second-order valence-corrected chi connectivity index (χ2v) is 5.79. The summed E-state index contributed by atoms with van der Waals surface area (Å²) in [4.78, 5) is 10.2. The summed E-state index contributed by atoms with van der Waals surface area (Å²) < 4.78 is 1.12. The summed E-state index contributed by atoms with van der Waals surface area (Å²) in [6.07, 6.45) is 0.855. The lowest BCUT2D eigenvalue weighted by Crippen LogP contribution is -2.16. The fourth-order valence-electron chi connectivity index (χ4n) is 2.07. The highest BCUT2D eigenvalue weighted by molar-refractivity contribution is 9.10. The molecule has 0 saturated carbocycles. The molecule has 0 unspecified atom stereocenters. The highest BCUT2D eigenvalue weighted by Crippen LogP contribution is 2.17. The molecule has 0 amide bonds. The third-order valence-corrected chi connectivity index (χ3v) is 4.18. The first-order valence-corrected chi connectivity index (χ1v) is 7.54. The SMILES string of the molecule is Cc1cc(CNCCc2ccc([N+](=O)[O-])cc2)ccc1Br. The van der Waals surface area contributed by atoms with Gasteiger partial charge in [0.1, 0.15) is 0 Å². The van der Waals surface area contributed by atoms with E-state index in [1.54, 1.807) is 12.1 Å². The number of halogens is 1. The molecule has 0 radical (unpaired) electrons. The van der Waals surface area contributed by atoms with Crippen molar-refractivity contribution in [1.82, 2.24) is 5.32 Å². The highest BCUT2D eigenvalue weighted by Gasteiger charge is 2.03. The summed E-state index contributed by atoms with van der Waals surface area (Å²) >= 11 is 3.49. The Labute approximate surface area is 132 Å². The van der Waals surface area contributed by atoms with E-state index in [4.69, 9.17) is 0 Å². The van der Waals surface area contributed by atoms with Crippen LogP contribution in [0.5, 0.6) is 0 Å². The highest BCUT2D eigenvalue weighted by atomic mass is 79.9. The first-order chi connectivity index (χ1) is 10.1. The van der Waals surface area contributed by atoms with Gasteiger partial charge < -0.3 is 5.32 Å². The molecular formula is C16H17BrN2O2. The molecule has 0 atom stereocenters. The normalized spacial score (nSPS) is 10.6. The van der Waals surface area contributed by atoms with E-state index in [0.29, 0.717) is 0 Å². The average molecular weight is 349 g/mol. The van der Waals surface area contributed by atoms with E-state index < -0.39 is 0 Å². The molecule has 21 heavy (non-hydrogen) atoms. The predicted molar refractivity (Wildman–Crippen MR) is 87.4 cm³/mol. The lowest BCUT2D eigenvalue weighted by Gasteiger charge is -2.07. The van der Waals surface area contributed by atoms with Crippen molar-refractivity contribution in [2.45, 2.75) is 19.9 Å². The largest absolute Gasteiger partial charge is 0.312 e. The van der Waals surface area contributed by atoms with Crippen LogP contribution >= 0.6 is 15.9 Å². The van der Waals surface area contributed by atoms with E-state index in [0.717, 1.165) is 29.5 Å². The molecule has 2 aromatic rings. The Hall–Kier alpha value is -1.72. The molecular weight excluding hydrogens is 332 g/mol. The van der Waals surface area contributed by atoms with Gasteiger partial charge >= 0.3 is 0 Å². The number of nitrogens with zero attached hydrogens (tertiary/aromatic N) is 1. The maximum atomic E-state index is 10.6. The molecule has 5 heteroatoms. The van der Waals surface area contributed by atoms with Gasteiger partial charge in [-0.3, -0.25) is 10.1 Å². The average Bonchev–Trinajstić information content (AvgIpc) is 2.47. The van der Waals surface area contributed by atoms with E-state index in [9.17, 15) is 10.1 Å². The lowest BCUT2D eigenvalue weighted by atomic mass is 10.1. The molecule has 2 aromatic carbocycles. The summed E-state index contributed by atoms with van der Waals surface area (Å²) in [5, 5.41) is 14.0. The summed E-state index contributed by atoms with van der Waals surface area (Å²) in [6.45, 7) is 3.73. The fraction of sp³-hybridized carbons (Fsp3) is 0.250. The van der Waals surface area contributed by atoms with Crippen LogP contribution in [0.3, 0.4) is 0 Å². The van der Waals surface area contributed by atoms with Gasteiger partial charge in [0.05, 0.1) is 4.92 Å². The van der Waals surface area contributed by atoms with Crippen LogP contribution in [0.25, 0.3) is 0 Å². The topological polar surface area (TPSA) is 55.2 Å². The quantitative estimate of drug-likeness (QED) is 0.487. The van der Waals surface area contributed by atoms with Crippen molar-refractivity contribution in [3.8, 4) is 0 Å². The van der Waals surface area contributed by atoms with Crippen molar-refractivity contribution >= 4 is 21.6 Å². The van der Waals surface area contributed by atoms with Crippen LogP contribution in [0.1, 0.15) is 16.7 Å². The van der Waals surface area contributed by atoms with Gasteiger partial charge in [0, 0.05) is 23.2 Å². The number of non-ortho nitro benzene ring substituents is 1. The van der Waals surface area contributed by atoms with Crippen molar-refractivity contribution in [2.24, 2.45) is 0 Å². The number of hydrogen-bond donors (Lipinski definition) is 1. The lowest BCUT2D eigenvalue weighted by molar-refractivity contribution is -0.384. The van der Waals surface area contributed by atoms with Crippen LogP contribution in [0.2, 0.25) is 0 Å². The minimum absolute atomic E-state index is 0.136. The Bertz CT molecular complexity index is 627. The third-order valence-electron chi connectivity index (χ3n) is 3.29. The smallest absolute Gasteiger partial charge is 0.269 e. The number of nitro benzene ring substituents is 1. The van der Waals surface area contributed by atoms with E-state index >= 15 is 0 Å². The zero-order valence-electron chi connectivity index (χ0n) is 11.8. The van der Waals surface area contributed by atoms with Gasteiger partial charge in [-0.05, 0) is 42.6 Å². The van der Waals surface area contributed by atoms with Crippen LogP contribution in [-0.4, -0.2) is 11.5 Å². The zero-order chi connectivity index (χ0) is 15.2. The molecule has 4 nitrogen and oxygen atoms in total. The van der Waals surface area contributed by atoms with E-state index in [-0.39, 0.29) is 10.6 Å². The molecule has 0 aliphatic rings. The molecule has 1 N–H and O–H groups in total. The van der Waals surface area contributed by atoms with E-state index in [2.05, 4.69) is 46.4 Å². The van der Waals surface area contributed by atoms with Crippen LogP contribution in [-0.2, 0) is 13.0 Å². The number of aryl methyl sites for hydroxylation is 1. The molecule has 2 rings (SSSR count). The van der Waals surface area contributed by atoms with Crippen molar-refractivity contribution in [3.63, 3.8) is 0 Å². The number of nitro groups is 1. The van der Waals surface area contributed by atoms with Crippen molar-refractivity contribution in [1.29, 1.82) is 0 Å². The number of nitrogens with one attached hydrogen (secondary N) is 1. The second-order valence-electron chi connectivity index (χ2n) is 4.93. The third kappa shape index (κ3) is 4.65. The fourth-order valence-corrected chi connectivity index (χ4v) is 2.31. The summed E-state index contributed by atoms with van der Waals surface area (Å²) in [6, 6.07) is 13.0. The Kier molecular flexibility index (Phi) is 5.47. The van der Waals surface area contributed by atoms with Crippen LogP contribution in [0, 0.1) is 17.0 Å². The number of benzene rings is 2. The van der Waals surface area contributed by atoms with Crippen LogP contribution in [0.4, 0.5) is 5.69 Å². The summed E-state index contributed by atoms with van der Waals surface area (Å²) in [5.41, 5.74) is 3.71. The van der Waals surface area contributed by atoms with Gasteiger partial charge in [-0.1, -0.05) is 40.2 Å². The molecule has 0 bridgehead atoms. The minimum atomic E-state index is -0.377. The molecule has 0 aliphatic heterocycles. The molecule has 0 spiro atoms. The van der Waals surface area contributed by atoms with Crippen molar-refractivity contribution < 1.29 is 4.92 Å². The van der Waals surface area contributed by atoms with Gasteiger partial charge in [0.15, 0.2) is 0 Å². The predicted octanol–water partition coefficient (Wildman–Crippen LogP) is 4.00. The number of rotatable bonds is 6. The molecule has 0 aliphatic carbocycles. The molecule has 0 saturated heterocycles. The van der Waals surface area contributed by atoms with E-state index in [1.807, 2.05) is 12.1 Å². The number of hydrogen-bond acceptors (Lipinski definition) is 3. The Balaban J connectivity index is 1.79. The first-order valence-electron chi connectivity index (χ1n) is 6.75. The van der Waals surface area contributed by atoms with Crippen molar-refractivity contribution in [2.75, 3.05) is 6.54 Å². The van der Waals surface area contributed by atoms with Gasteiger partial charge in [-0.2, -0.15) is 0 Å². The van der Waals surface area contributed by atoms with Gasteiger partial charge in [-0.25, -0.2) is 0 Å². The molecule has 0 aromatic heterocycles. The van der Waals surface area contributed by atoms with Gasteiger partial charge in [-0.15, -0.1) is 0 Å². The van der Waals surface area contributed by atoms with Gasteiger partial charge in [0.25, 0.3) is 5.69 Å². The molecule has 0 fully saturated rings. The van der Waals surface area contributed by atoms with E-state index in [1.165, 1.54) is 11.1 Å². The zero-order valence-corrected chi connectivity index (χ0v) is 13.4. The molecule has 110 valence electrons.